The van der Waals surface area contributed by atoms with Gasteiger partial charge >= 0.3 is 0 Å². The molecule has 1 heterocycles. The molecular weight excluding hydrogens is 468 g/mol. The molecule has 37 heavy (non-hydrogen) atoms. The van der Waals surface area contributed by atoms with Crippen LogP contribution in [0.3, 0.4) is 0 Å². The summed E-state index contributed by atoms with van der Waals surface area (Å²) < 4.78 is 7.40. The molecule has 4 unspecified atom stereocenters. The number of fused-ring (bicyclic) bond motifs is 1. The maximum Gasteiger partial charge on any atom is 0.225 e. The molecule has 2 rings (SSSR count). The van der Waals surface area contributed by atoms with Gasteiger partial charge in [-0.25, -0.2) is 0 Å². The van der Waals surface area contributed by atoms with Gasteiger partial charge in [0.15, 0.2) is 0 Å². The van der Waals surface area contributed by atoms with E-state index in [0.29, 0.717) is 19.6 Å². The highest BCUT2D eigenvalue weighted by atomic mass is 16.5. The van der Waals surface area contributed by atoms with Crippen molar-refractivity contribution in [2.24, 2.45) is 23.0 Å². The van der Waals surface area contributed by atoms with Crippen LogP contribution in [-0.2, 0) is 16.1 Å². The number of carbonyl (C=O) groups is 1. The number of carbonyl (C=O) groups excluding carboxylic acids is 1. The standard InChI is InChI=1S/C29H50N4O4/c1-7-9-13-29(5,6)28(36)31-19-26(34)24(30)17-23(20(3)4)27(35)21-11-12-22-18-32-33(25(22)16-21)14-10-15-37-8-2/h11-12,16,18,20,23-24,26-27,34-35H,7-10,13-15,17,19,30H2,1-6H3,(H,31,36). The summed E-state index contributed by atoms with van der Waals surface area (Å²) in [6, 6.07) is 5.36. The molecule has 0 bridgehead atoms. The van der Waals surface area contributed by atoms with Crippen molar-refractivity contribution in [3.05, 3.63) is 30.0 Å². The number of aliphatic hydroxyl groups excluding tert-OH is 2. The molecule has 0 aliphatic carbocycles. The minimum absolute atomic E-state index is 0.0705. The smallest absolute Gasteiger partial charge is 0.225 e. The van der Waals surface area contributed by atoms with Crippen LogP contribution in [0.2, 0.25) is 0 Å². The summed E-state index contributed by atoms with van der Waals surface area (Å²) in [5.41, 5.74) is 7.70. The lowest BCUT2D eigenvalue weighted by Gasteiger charge is -2.31. The number of hydrogen-bond donors (Lipinski definition) is 4. The lowest BCUT2D eigenvalue weighted by Crippen LogP contribution is -2.47. The third-order valence-electron chi connectivity index (χ3n) is 7.42. The third-order valence-corrected chi connectivity index (χ3v) is 7.42. The molecule has 8 heteroatoms. The van der Waals surface area contributed by atoms with Crippen molar-refractivity contribution < 1.29 is 19.7 Å². The van der Waals surface area contributed by atoms with Crippen LogP contribution < -0.4 is 11.1 Å². The molecule has 4 atom stereocenters. The zero-order chi connectivity index (χ0) is 27.6. The summed E-state index contributed by atoms with van der Waals surface area (Å²) in [6.07, 6.45) is 4.32. The van der Waals surface area contributed by atoms with Crippen LogP contribution in [-0.4, -0.2) is 57.8 Å². The highest BCUT2D eigenvalue weighted by Gasteiger charge is 2.31. The minimum atomic E-state index is -0.895. The summed E-state index contributed by atoms with van der Waals surface area (Å²) >= 11 is 0. The van der Waals surface area contributed by atoms with Crippen molar-refractivity contribution >= 4 is 16.8 Å². The molecule has 0 saturated heterocycles. The number of aliphatic hydroxyl groups is 2. The number of aryl methyl sites for hydroxylation is 1. The first-order chi connectivity index (χ1) is 17.5. The molecule has 0 spiro atoms. The van der Waals surface area contributed by atoms with E-state index in [4.69, 9.17) is 10.5 Å². The zero-order valence-electron chi connectivity index (χ0n) is 23.7. The van der Waals surface area contributed by atoms with E-state index >= 15 is 0 Å². The molecule has 8 nitrogen and oxygen atoms in total. The fourth-order valence-electron chi connectivity index (χ4n) is 4.71. The summed E-state index contributed by atoms with van der Waals surface area (Å²) in [7, 11) is 0. The third kappa shape index (κ3) is 9.06. The molecule has 1 amide bonds. The normalized spacial score (nSPS) is 15.6. The van der Waals surface area contributed by atoms with Gasteiger partial charge in [-0.2, -0.15) is 5.10 Å². The van der Waals surface area contributed by atoms with Crippen molar-refractivity contribution in [2.45, 2.75) is 98.4 Å². The Kier molecular flexibility index (Phi) is 12.5. The number of nitrogens with one attached hydrogen (secondary N) is 1. The van der Waals surface area contributed by atoms with E-state index in [1.165, 1.54) is 0 Å². The van der Waals surface area contributed by atoms with Gasteiger partial charge < -0.3 is 26.0 Å². The Morgan fingerprint density at radius 3 is 2.59 bits per heavy atom. The van der Waals surface area contributed by atoms with Crippen LogP contribution in [0.1, 0.15) is 85.3 Å². The van der Waals surface area contributed by atoms with E-state index in [1.54, 1.807) is 0 Å². The molecule has 0 aliphatic rings. The van der Waals surface area contributed by atoms with E-state index in [0.717, 1.165) is 48.7 Å². The summed E-state index contributed by atoms with van der Waals surface area (Å²) in [6.45, 7) is 14.3. The average Bonchev–Trinajstić information content (AvgIpc) is 3.28. The van der Waals surface area contributed by atoms with Gasteiger partial charge in [0, 0.05) is 43.1 Å². The number of benzene rings is 1. The Bertz CT molecular complexity index is 959. The number of nitrogens with two attached hydrogens (primary N) is 1. The van der Waals surface area contributed by atoms with E-state index in [9.17, 15) is 15.0 Å². The molecule has 0 aliphatic heterocycles. The summed E-state index contributed by atoms with van der Waals surface area (Å²) in [5.74, 6) is -0.0884. The molecule has 5 N–H and O–H groups in total. The second-order valence-corrected chi connectivity index (χ2v) is 11.3. The second kappa shape index (κ2) is 14.8. The molecule has 0 saturated carbocycles. The van der Waals surface area contributed by atoms with Crippen LogP contribution in [0.15, 0.2) is 24.4 Å². The number of rotatable bonds is 17. The highest BCUT2D eigenvalue weighted by Crippen LogP contribution is 2.33. The van der Waals surface area contributed by atoms with E-state index in [-0.39, 0.29) is 24.3 Å². The topological polar surface area (TPSA) is 123 Å². The Balaban J connectivity index is 2.04. The van der Waals surface area contributed by atoms with Crippen LogP contribution in [0.5, 0.6) is 0 Å². The van der Waals surface area contributed by atoms with Gasteiger partial charge in [0.05, 0.1) is 23.9 Å². The van der Waals surface area contributed by atoms with Crippen LogP contribution in [0, 0.1) is 17.3 Å². The Labute approximate surface area is 223 Å². The number of ether oxygens (including phenoxy) is 1. The maximum atomic E-state index is 12.6. The number of nitrogens with zero attached hydrogens (tertiary/aromatic N) is 2. The molecule has 0 fully saturated rings. The number of amides is 1. The summed E-state index contributed by atoms with van der Waals surface area (Å²) in [5, 5.41) is 30.5. The Morgan fingerprint density at radius 1 is 1.22 bits per heavy atom. The fraction of sp³-hybridized carbons (Fsp3) is 0.724. The Hall–Kier alpha value is -2.00. The molecule has 210 valence electrons. The lowest BCUT2D eigenvalue weighted by molar-refractivity contribution is -0.130. The molecule has 1 aromatic heterocycles. The first-order valence-corrected chi connectivity index (χ1v) is 13.9. The van der Waals surface area contributed by atoms with Crippen LogP contribution in [0.25, 0.3) is 10.9 Å². The van der Waals surface area contributed by atoms with Crippen molar-refractivity contribution in [1.82, 2.24) is 15.1 Å². The predicted molar refractivity (Wildman–Crippen MR) is 149 cm³/mol. The van der Waals surface area contributed by atoms with Crippen molar-refractivity contribution in [1.29, 1.82) is 0 Å². The minimum Gasteiger partial charge on any atom is -0.390 e. The molecular formula is C29H50N4O4. The van der Waals surface area contributed by atoms with Gasteiger partial charge in [0.1, 0.15) is 0 Å². The number of unbranched alkanes of at least 4 members (excludes halogenated alkanes) is 1. The highest BCUT2D eigenvalue weighted by molar-refractivity contribution is 5.81. The monoisotopic (exact) mass is 518 g/mol. The van der Waals surface area contributed by atoms with Gasteiger partial charge in [-0.1, -0.05) is 59.6 Å². The van der Waals surface area contributed by atoms with Gasteiger partial charge in [-0.3, -0.25) is 9.48 Å². The van der Waals surface area contributed by atoms with Crippen LogP contribution >= 0.6 is 0 Å². The maximum absolute atomic E-state index is 12.6. The van der Waals surface area contributed by atoms with Crippen molar-refractivity contribution in [2.75, 3.05) is 19.8 Å². The first kappa shape index (κ1) is 31.2. The molecule has 2 aromatic rings. The van der Waals surface area contributed by atoms with Crippen molar-refractivity contribution in [3.8, 4) is 0 Å². The first-order valence-electron chi connectivity index (χ1n) is 13.9. The van der Waals surface area contributed by atoms with Crippen molar-refractivity contribution in [3.63, 3.8) is 0 Å². The van der Waals surface area contributed by atoms with Gasteiger partial charge in [-0.15, -0.1) is 0 Å². The van der Waals surface area contributed by atoms with Gasteiger partial charge in [0.25, 0.3) is 0 Å². The quantitative estimate of drug-likeness (QED) is 0.233. The average molecular weight is 519 g/mol. The number of aromatic nitrogens is 2. The zero-order valence-corrected chi connectivity index (χ0v) is 23.7. The van der Waals surface area contributed by atoms with Gasteiger partial charge in [-0.05, 0) is 49.7 Å². The van der Waals surface area contributed by atoms with Crippen LogP contribution in [0.4, 0.5) is 0 Å². The van der Waals surface area contributed by atoms with Gasteiger partial charge in [0.2, 0.25) is 5.91 Å². The molecule has 0 radical (unpaired) electrons. The fourth-order valence-corrected chi connectivity index (χ4v) is 4.71. The largest absolute Gasteiger partial charge is 0.390 e. The summed E-state index contributed by atoms with van der Waals surface area (Å²) in [4.78, 5) is 12.6. The molecule has 1 aromatic carbocycles. The second-order valence-electron chi connectivity index (χ2n) is 11.3. The predicted octanol–water partition coefficient (Wildman–Crippen LogP) is 4.18. The van der Waals surface area contributed by atoms with E-state index in [2.05, 4.69) is 31.2 Å². The van der Waals surface area contributed by atoms with E-state index in [1.807, 2.05) is 49.8 Å². The number of hydrogen-bond acceptors (Lipinski definition) is 6. The lowest BCUT2D eigenvalue weighted by atomic mass is 9.81. The Morgan fingerprint density at radius 2 is 1.95 bits per heavy atom. The van der Waals surface area contributed by atoms with E-state index < -0.39 is 23.7 Å². The SMILES string of the molecule is CCCCC(C)(C)C(=O)NCC(O)C(N)CC(C(C)C)C(O)c1ccc2cnn(CCCOCC)c2c1.